The molecule has 3 saturated carbocycles. The van der Waals surface area contributed by atoms with Gasteiger partial charge in [-0.1, -0.05) is 11.6 Å². The fourth-order valence-electron chi connectivity index (χ4n) is 3.58. The zero-order chi connectivity index (χ0) is 6.29. The molecule has 4 aliphatic rings. The molecule has 0 heteroatoms. The van der Waals surface area contributed by atoms with E-state index in [1.807, 2.05) is 5.57 Å². The topological polar surface area (TPSA) is 0 Å². The molecule has 52 valence electrons. The van der Waals surface area contributed by atoms with Gasteiger partial charge in [0.05, 0.1) is 0 Å². The van der Waals surface area contributed by atoms with Crippen molar-refractivity contribution in [3.05, 3.63) is 11.6 Å². The van der Waals surface area contributed by atoms with Crippen molar-refractivity contribution in [3.63, 3.8) is 0 Å². The first-order valence-electron chi connectivity index (χ1n) is 4.64. The Morgan fingerprint density at radius 2 is 2.10 bits per heavy atom. The maximum Gasteiger partial charge on any atom is -0.0131 e. The summed E-state index contributed by atoms with van der Waals surface area (Å²) >= 11 is 0. The molecular weight excluding hydrogens is 120 g/mol. The standard InChI is InChI=1S/C10H12/c1-5-3-10-8-2-6(8)4-9(10)7(1)5/h3,6-10H,1-2,4H2. The molecule has 0 aliphatic heterocycles. The van der Waals surface area contributed by atoms with Gasteiger partial charge in [0.25, 0.3) is 0 Å². The van der Waals surface area contributed by atoms with Crippen LogP contribution in [0.25, 0.3) is 0 Å². The summed E-state index contributed by atoms with van der Waals surface area (Å²) in [6.07, 6.45) is 7.30. The fraction of sp³-hybridized carbons (Fsp3) is 0.800. The van der Waals surface area contributed by atoms with Crippen molar-refractivity contribution in [1.29, 1.82) is 0 Å². The summed E-state index contributed by atoms with van der Waals surface area (Å²) in [6.45, 7) is 0. The van der Waals surface area contributed by atoms with E-state index in [1.54, 1.807) is 12.8 Å². The summed E-state index contributed by atoms with van der Waals surface area (Å²) in [5, 5.41) is 0. The smallest absolute Gasteiger partial charge is 0.0131 e. The number of allylic oxidation sites excluding steroid dienone is 2. The molecule has 5 atom stereocenters. The molecule has 0 radical (unpaired) electrons. The number of hydrogen-bond donors (Lipinski definition) is 0. The molecule has 4 rings (SSSR count). The lowest BCUT2D eigenvalue weighted by Gasteiger charge is -2.13. The Balaban J connectivity index is 1.83. The second kappa shape index (κ2) is 1.11. The largest absolute Gasteiger partial charge is 0.0813 e. The van der Waals surface area contributed by atoms with Gasteiger partial charge in [0, 0.05) is 0 Å². The van der Waals surface area contributed by atoms with E-state index in [0.717, 1.165) is 17.8 Å². The first-order chi connectivity index (χ1) is 4.93. The molecule has 0 N–H and O–H groups in total. The summed E-state index contributed by atoms with van der Waals surface area (Å²) in [7, 11) is 0. The summed E-state index contributed by atoms with van der Waals surface area (Å²) < 4.78 is 0. The van der Waals surface area contributed by atoms with Gasteiger partial charge < -0.3 is 0 Å². The Bertz CT molecular complexity index is 238. The van der Waals surface area contributed by atoms with Crippen molar-refractivity contribution in [3.8, 4) is 0 Å². The molecule has 0 nitrogen and oxygen atoms in total. The zero-order valence-electron chi connectivity index (χ0n) is 6.09. The van der Waals surface area contributed by atoms with Crippen LogP contribution in [-0.4, -0.2) is 0 Å². The van der Waals surface area contributed by atoms with E-state index in [2.05, 4.69) is 6.08 Å². The van der Waals surface area contributed by atoms with Crippen LogP contribution >= 0.6 is 0 Å². The van der Waals surface area contributed by atoms with Crippen LogP contribution in [0.1, 0.15) is 19.3 Å². The molecule has 10 heavy (non-hydrogen) atoms. The van der Waals surface area contributed by atoms with Gasteiger partial charge in [-0.05, 0) is 48.9 Å². The molecule has 0 aromatic heterocycles. The van der Waals surface area contributed by atoms with Crippen LogP contribution in [0.2, 0.25) is 0 Å². The van der Waals surface area contributed by atoms with Gasteiger partial charge >= 0.3 is 0 Å². The fourth-order valence-corrected chi connectivity index (χ4v) is 3.58. The van der Waals surface area contributed by atoms with E-state index in [9.17, 15) is 0 Å². The summed E-state index contributed by atoms with van der Waals surface area (Å²) in [4.78, 5) is 0. The SMILES string of the molecule is C1=C2CC2C2CC3CC3C12. The average molecular weight is 132 g/mol. The van der Waals surface area contributed by atoms with Gasteiger partial charge in [-0.2, -0.15) is 0 Å². The predicted octanol–water partition coefficient (Wildman–Crippen LogP) is 2.22. The molecule has 0 saturated heterocycles. The molecule has 0 bridgehead atoms. The summed E-state index contributed by atoms with van der Waals surface area (Å²) in [5.41, 5.74) is 1.83. The Morgan fingerprint density at radius 1 is 1.20 bits per heavy atom. The Kier molecular flexibility index (Phi) is 0.508. The lowest BCUT2D eigenvalue weighted by atomic mass is 9.91. The van der Waals surface area contributed by atoms with E-state index in [1.165, 1.54) is 18.3 Å². The van der Waals surface area contributed by atoms with Crippen molar-refractivity contribution >= 4 is 0 Å². The van der Waals surface area contributed by atoms with Crippen molar-refractivity contribution in [2.24, 2.45) is 29.6 Å². The normalized spacial score (nSPS) is 66.4. The maximum atomic E-state index is 2.63. The third kappa shape index (κ3) is 0.349. The van der Waals surface area contributed by atoms with Gasteiger partial charge in [0.15, 0.2) is 0 Å². The Labute approximate surface area is 61.3 Å². The molecule has 0 spiro atoms. The van der Waals surface area contributed by atoms with Gasteiger partial charge in [-0.25, -0.2) is 0 Å². The van der Waals surface area contributed by atoms with Gasteiger partial charge in [-0.15, -0.1) is 0 Å². The molecule has 4 aliphatic carbocycles. The van der Waals surface area contributed by atoms with Crippen molar-refractivity contribution in [2.75, 3.05) is 0 Å². The Hall–Kier alpha value is -0.260. The highest BCUT2D eigenvalue weighted by Crippen LogP contribution is 2.69. The summed E-state index contributed by atoms with van der Waals surface area (Å²) in [6, 6.07) is 0. The number of hydrogen-bond acceptors (Lipinski definition) is 0. The third-order valence-corrected chi connectivity index (χ3v) is 4.24. The lowest BCUT2D eigenvalue weighted by Crippen LogP contribution is -2.07. The van der Waals surface area contributed by atoms with Crippen molar-refractivity contribution in [1.82, 2.24) is 0 Å². The van der Waals surface area contributed by atoms with Crippen molar-refractivity contribution < 1.29 is 0 Å². The molecule has 3 fully saturated rings. The van der Waals surface area contributed by atoms with Crippen LogP contribution < -0.4 is 0 Å². The van der Waals surface area contributed by atoms with Crippen LogP contribution in [0.5, 0.6) is 0 Å². The number of rotatable bonds is 0. The first kappa shape index (κ1) is 4.58. The van der Waals surface area contributed by atoms with Gasteiger partial charge in [0.2, 0.25) is 0 Å². The van der Waals surface area contributed by atoms with Gasteiger partial charge in [-0.3, -0.25) is 0 Å². The predicted molar refractivity (Wildman–Crippen MR) is 39.4 cm³/mol. The average Bonchev–Trinajstić information content (AvgIpc) is 2.76. The molecule has 0 aromatic rings. The summed E-state index contributed by atoms with van der Waals surface area (Å²) in [5.74, 6) is 5.70. The highest BCUT2D eigenvalue weighted by atomic mass is 14.6. The first-order valence-corrected chi connectivity index (χ1v) is 4.64. The van der Waals surface area contributed by atoms with Crippen LogP contribution in [0, 0.1) is 29.6 Å². The maximum absolute atomic E-state index is 2.63. The molecule has 0 amide bonds. The molecule has 0 heterocycles. The highest BCUT2D eigenvalue weighted by molar-refractivity contribution is 5.36. The molecule has 5 unspecified atom stereocenters. The van der Waals surface area contributed by atoms with E-state index in [0.29, 0.717) is 0 Å². The van der Waals surface area contributed by atoms with E-state index in [-0.39, 0.29) is 0 Å². The second-order valence-corrected chi connectivity index (χ2v) is 4.69. The van der Waals surface area contributed by atoms with Crippen molar-refractivity contribution in [2.45, 2.75) is 19.3 Å². The zero-order valence-corrected chi connectivity index (χ0v) is 6.09. The van der Waals surface area contributed by atoms with E-state index < -0.39 is 0 Å². The Morgan fingerprint density at radius 3 is 3.00 bits per heavy atom. The minimum absolute atomic E-state index is 1.08. The highest BCUT2D eigenvalue weighted by Gasteiger charge is 2.60. The van der Waals surface area contributed by atoms with E-state index >= 15 is 0 Å². The second-order valence-electron chi connectivity index (χ2n) is 4.69. The van der Waals surface area contributed by atoms with E-state index in [4.69, 9.17) is 0 Å². The number of fused-ring (bicyclic) bond motifs is 5. The monoisotopic (exact) mass is 132 g/mol. The third-order valence-electron chi connectivity index (χ3n) is 4.24. The quantitative estimate of drug-likeness (QED) is 0.443. The van der Waals surface area contributed by atoms with Crippen LogP contribution in [-0.2, 0) is 0 Å². The minimum Gasteiger partial charge on any atom is -0.0813 e. The lowest BCUT2D eigenvalue weighted by molar-refractivity contribution is 0.381. The van der Waals surface area contributed by atoms with Crippen LogP contribution in [0.3, 0.4) is 0 Å². The van der Waals surface area contributed by atoms with Gasteiger partial charge in [0.1, 0.15) is 0 Å². The molecule has 0 aromatic carbocycles. The minimum atomic E-state index is 1.08. The molecular formula is C10H12. The van der Waals surface area contributed by atoms with Crippen LogP contribution in [0.15, 0.2) is 11.6 Å². The van der Waals surface area contributed by atoms with Crippen LogP contribution in [0.4, 0.5) is 0 Å².